The van der Waals surface area contributed by atoms with Crippen molar-refractivity contribution in [3.05, 3.63) is 29.3 Å². The third kappa shape index (κ3) is 4.22. The minimum atomic E-state index is -3.95. The van der Waals surface area contributed by atoms with Crippen LogP contribution in [0.1, 0.15) is 30.9 Å². The number of carbonyl (C=O) groups is 1. The van der Waals surface area contributed by atoms with Crippen molar-refractivity contribution in [2.24, 2.45) is 5.73 Å². The first-order chi connectivity index (χ1) is 8.90. The highest BCUT2D eigenvalue weighted by Gasteiger charge is 2.20. The molecule has 0 fully saturated rings. The molecule has 0 aliphatic carbocycles. The highest BCUT2D eigenvalue weighted by atomic mass is 32.2. The SMILES string of the molecule is CCCCc1cc(CO)ccc1S(=O)(=O)NC(N)=O. The standard InChI is InChI=1S/C12H18N2O4S/c1-2-3-4-10-7-9(8-15)5-6-11(10)19(17,18)14-12(13)16/h5-7,15H,2-4,8H2,1H3,(H3,13,14,16). The van der Waals surface area contributed by atoms with Crippen LogP contribution < -0.4 is 10.5 Å². The van der Waals surface area contributed by atoms with Gasteiger partial charge in [-0.2, -0.15) is 0 Å². The van der Waals surface area contributed by atoms with Gasteiger partial charge in [-0.15, -0.1) is 0 Å². The van der Waals surface area contributed by atoms with Crippen LogP contribution in [-0.2, 0) is 23.1 Å². The molecule has 0 aliphatic heterocycles. The van der Waals surface area contributed by atoms with E-state index >= 15 is 0 Å². The fourth-order valence-corrected chi connectivity index (χ4v) is 2.87. The Labute approximate surface area is 112 Å². The number of sulfonamides is 1. The van der Waals surface area contributed by atoms with Gasteiger partial charge in [0.1, 0.15) is 0 Å². The van der Waals surface area contributed by atoms with Crippen molar-refractivity contribution < 1.29 is 18.3 Å². The molecule has 19 heavy (non-hydrogen) atoms. The van der Waals surface area contributed by atoms with Crippen molar-refractivity contribution >= 4 is 16.1 Å². The zero-order valence-corrected chi connectivity index (χ0v) is 11.5. The Kier molecular flexibility index (Phi) is 5.31. The van der Waals surface area contributed by atoms with E-state index in [0.717, 1.165) is 12.8 Å². The molecule has 0 aromatic heterocycles. The average Bonchev–Trinajstić information content (AvgIpc) is 2.34. The molecule has 0 atom stereocenters. The molecule has 4 N–H and O–H groups in total. The maximum Gasteiger partial charge on any atom is 0.326 e. The van der Waals surface area contributed by atoms with Gasteiger partial charge in [-0.1, -0.05) is 25.5 Å². The van der Waals surface area contributed by atoms with Gasteiger partial charge in [0.2, 0.25) is 0 Å². The minimum Gasteiger partial charge on any atom is -0.392 e. The van der Waals surface area contributed by atoms with Crippen molar-refractivity contribution in [1.29, 1.82) is 0 Å². The number of hydrogen-bond donors (Lipinski definition) is 3. The summed E-state index contributed by atoms with van der Waals surface area (Å²) in [6.45, 7) is 1.83. The molecule has 0 unspecified atom stereocenters. The second-order valence-electron chi connectivity index (χ2n) is 4.17. The van der Waals surface area contributed by atoms with E-state index in [-0.39, 0.29) is 11.5 Å². The Bertz CT molecular complexity index is 555. The normalized spacial score (nSPS) is 11.3. The summed E-state index contributed by atoms with van der Waals surface area (Å²) in [6, 6.07) is 3.39. The van der Waals surface area contributed by atoms with Crippen molar-refractivity contribution in [3.63, 3.8) is 0 Å². The Morgan fingerprint density at radius 3 is 2.63 bits per heavy atom. The van der Waals surface area contributed by atoms with E-state index in [4.69, 9.17) is 10.8 Å². The van der Waals surface area contributed by atoms with Gasteiger partial charge >= 0.3 is 6.03 Å². The molecule has 106 valence electrons. The van der Waals surface area contributed by atoms with E-state index in [1.54, 1.807) is 10.8 Å². The van der Waals surface area contributed by atoms with Crippen LogP contribution in [0.15, 0.2) is 23.1 Å². The van der Waals surface area contributed by atoms with E-state index in [9.17, 15) is 13.2 Å². The third-order valence-corrected chi connectivity index (χ3v) is 4.08. The molecule has 1 aromatic carbocycles. The quantitative estimate of drug-likeness (QED) is 0.721. The van der Waals surface area contributed by atoms with Gasteiger partial charge in [0, 0.05) is 0 Å². The molecule has 6 nitrogen and oxygen atoms in total. The van der Waals surface area contributed by atoms with Crippen LogP contribution in [0.5, 0.6) is 0 Å². The number of primary amides is 1. The molecule has 0 heterocycles. The lowest BCUT2D eigenvalue weighted by molar-refractivity contribution is 0.253. The summed E-state index contributed by atoms with van der Waals surface area (Å²) in [4.78, 5) is 10.8. The molecule has 1 rings (SSSR count). The van der Waals surface area contributed by atoms with Gasteiger partial charge in [-0.05, 0) is 30.0 Å². The molecule has 0 radical (unpaired) electrons. The Morgan fingerprint density at radius 2 is 2.11 bits per heavy atom. The number of unbranched alkanes of at least 4 members (excludes halogenated alkanes) is 1. The first-order valence-corrected chi connectivity index (χ1v) is 7.44. The summed E-state index contributed by atoms with van der Waals surface area (Å²) in [6.07, 6.45) is 2.28. The van der Waals surface area contributed by atoms with Crippen molar-refractivity contribution in [1.82, 2.24) is 4.72 Å². The van der Waals surface area contributed by atoms with Gasteiger partial charge in [0.05, 0.1) is 11.5 Å². The van der Waals surface area contributed by atoms with E-state index < -0.39 is 16.1 Å². The van der Waals surface area contributed by atoms with Crippen LogP contribution in [0.3, 0.4) is 0 Å². The Hall–Kier alpha value is -1.60. The van der Waals surface area contributed by atoms with Crippen molar-refractivity contribution in [3.8, 4) is 0 Å². The van der Waals surface area contributed by atoms with E-state index in [1.165, 1.54) is 12.1 Å². The molecule has 0 aliphatic rings. The van der Waals surface area contributed by atoms with Crippen LogP contribution in [0.4, 0.5) is 4.79 Å². The molecular weight excluding hydrogens is 268 g/mol. The van der Waals surface area contributed by atoms with Crippen LogP contribution in [0, 0.1) is 0 Å². The first-order valence-electron chi connectivity index (χ1n) is 5.95. The molecule has 0 spiro atoms. The second-order valence-corrected chi connectivity index (χ2v) is 5.82. The maximum absolute atomic E-state index is 12.0. The fraction of sp³-hybridized carbons (Fsp3) is 0.417. The number of aliphatic hydroxyl groups is 1. The van der Waals surface area contributed by atoms with Gasteiger partial charge in [0.25, 0.3) is 10.0 Å². The summed E-state index contributed by atoms with van der Waals surface area (Å²) in [7, 11) is -3.95. The Morgan fingerprint density at radius 1 is 1.42 bits per heavy atom. The smallest absolute Gasteiger partial charge is 0.326 e. The van der Waals surface area contributed by atoms with E-state index in [0.29, 0.717) is 17.5 Å². The minimum absolute atomic E-state index is 0.0250. The summed E-state index contributed by atoms with van der Waals surface area (Å²) in [5, 5.41) is 9.09. The average molecular weight is 286 g/mol. The number of nitrogens with two attached hydrogens (primary N) is 1. The van der Waals surface area contributed by atoms with Gasteiger partial charge < -0.3 is 10.8 Å². The number of urea groups is 1. The van der Waals surface area contributed by atoms with Crippen molar-refractivity contribution in [2.75, 3.05) is 0 Å². The fourth-order valence-electron chi connectivity index (χ4n) is 1.74. The molecular formula is C12H18N2O4S. The second kappa shape index (κ2) is 6.53. The van der Waals surface area contributed by atoms with Gasteiger partial charge in [0.15, 0.2) is 0 Å². The zero-order chi connectivity index (χ0) is 14.5. The summed E-state index contributed by atoms with van der Waals surface area (Å²) in [5.74, 6) is 0. The molecule has 0 saturated carbocycles. The van der Waals surface area contributed by atoms with Crippen LogP contribution in [-0.4, -0.2) is 19.6 Å². The van der Waals surface area contributed by atoms with E-state index in [2.05, 4.69) is 0 Å². The number of amides is 2. The lowest BCUT2D eigenvalue weighted by atomic mass is 10.1. The van der Waals surface area contributed by atoms with Crippen LogP contribution in [0.25, 0.3) is 0 Å². The molecule has 0 saturated heterocycles. The number of rotatable bonds is 6. The number of carbonyl (C=O) groups excluding carboxylic acids is 1. The van der Waals surface area contributed by atoms with Crippen molar-refractivity contribution in [2.45, 2.75) is 37.7 Å². The lowest BCUT2D eigenvalue weighted by Crippen LogP contribution is -2.35. The monoisotopic (exact) mass is 286 g/mol. The molecule has 7 heteroatoms. The maximum atomic E-state index is 12.0. The Balaban J connectivity index is 3.21. The van der Waals surface area contributed by atoms with Gasteiger partial charge in [-0.25, -0.2) is 17.9 Å². The topological polar surface area (TPSA) is 109 Å². The molecule has 1 aromatic rings. The predicted molar refractivity (Wildman–Crippen MR) is 70.9 cm³/mol. The van der Waals surface area contributed by atoms with Crippen LogP contribution in [0.2, 0.25) is 0 Å². The number of hydrogen-bond acceptors (Lipinski definition) is 4. The summed E-state index contributed by atoms with van der Waals surface area (Å²) in [5.41, 5.74) is 6.05. The number of nitrogens with one attached hydrogen (secondary N) is 1. The highest BCUT2D eigenvalue weighted by molar-refractivity contribution is 7.90. The number of benzene rings is 1. The highest BCUT2D eigenvalue weighted by Crippen LogP contribution is 2.20. The number of aliphatic hydroxyl groups excluding tert-OH is 1. The summed E-state index contributed by atoms with van der Waals surface area (Å²) >= 11 is 0. The molecule has 0 bridgehead atoms. The third-order valence-electron chi connectivity index (χ3n) is 2.63. The van der Waals surface area contributed by atoms with Gasteiger partial charge in [-0.3, -0.25) is 0 Å². The molecule has 2 amide bonds. The van der Waals surface area contributed by atoms with Crippen LogP contribution >= 0.6 is 0 Å². The largest absolute Gasteiger partial charge is 0.392 e. The van der Waals surface area contributed by atoms with E-state index in [1.807, 2.05) is 6.92 Å². The number of aryl methyl sites for hydroxylation is 1. The predicted octanol–water partition coefficient (Wildman–Crippen LogP) is 0.879. The zero-order valence-electron chi connectivity index (χ0n) is 10.7. The summed E-state index contributed by atoms with van der Waals surface area (Å²) < 4.78 is 25.6. The first kappa shape index (κ1) is 15.5. The lowest BCUT2D eigenvalue weighted by Gasteiger charge is -2.11.